The van der Waals surface area contributed by atoms with Crippen molar-refractivity contribution in [1.82, 2.24) is 4.98 Å². The van der Waals surface area contributed by atoms with Crippen molar-refractivity contribution in [2.45, 2.75) is 18.6 Å². The van der Waals surface area contributed by atoms with E-state index in [1.54, 1.807) is 18.3 Å². The summed E-state index contributed by atoms with van der Waals surface area (Å²) in [6.45, 7) is 0.477. The second-order valence-corrected chi connectivity index (χ2v) is 2.94. The van der Waals surface area contributed by atoms with E-state index >= 15 is 0 Å². The Balaban J connectivity index is 2.62. The van der Waals surface area contributed by atoms with Gasteiger partial charge in [0.1, 0.15) is 6.10 Å². The van der Waals surface area contributed by atoms with Gasteiger partial charge >= 0.3 is 0 Å². The van der Waals surface area contributed by atoms with Crippen molar-refractivity contribution in [3.05, 3.63) is 30.1 Å². The Hall–Kier alpha value is -0.970. The summed E-state index contributed by atoms with van der Waals surface area (Å²) in [4.78, 5) is 4.01. The molecule has 0 saturated heterocycles. The zero-order chi connectivity index (χ0) is 9.68. The lowest BCUT2D eigenvalue weighted by Crippen LogP contribution is -2.31. The molecule has 0 saturated carbocycles. The predicted molar refractivity (Wildman–Crippen MR) is 50.8 cm³/mol. The van der Waals surface area contributed by atoms with Crippen LogP contribution in [0.5, 0.6) is 0 Å². The van der Waals surface area contributed by atoms with Gasteiger partial charge in [0.15, 0.2) is 0 Å². The van der Waals surface area contributed by atoms with Gasteiger partial charge in [0, 0.05) is 12.2 Å². The highest BCUT2D eigenvalue weighted by Crippen LogP contribution is 2.13. The Bertz CT molecular complexity index is 240. The van der Waals surface area contributed by atoms with Gasteiger partial charge in [0.25, 0.3) is 0 Å². The fraction of sp³-hybridized carbons (Fsp3) is 0.444. The fourth-order valence-corrected chi connectivity index (χ4v) is 1.12. The Morgan fingerprint density at radius 3 is 2.77 bits per heavy atom. The molecular formula is C9H15N3O. The third-order valence-corrected chi connectivity index (χ3v) is 1.90. The minimum atomic E-state index is -0.718. The van der Waals surface area contributed by atoms with Gasteiger partial charge in [0.2, 0.25) is 0 Å². The number of hydrogen-bond donors (Lipinski definition) is 3. The van der Waals surface area contributed by atoms with Crippen LogP contribution in [0.3, 0.4) is 0 Å². The maximum absolute atomic E-state index is 9.68. The van der Waals surface area contributed by atoms with E-state index in [0.717, 1.165) is 0 Å². The first-order valence-corrected chi connectivity index (χ1v) is 4.30. The van der Waals surface area contributed by atoms with E-state index in [1.807, 2.05) is 6.07 Å². The van der Waals surface area contributed by atoms with Gasteiger partial charge < -0.3 is 16.6 Å². The summed E-state index contributed by atoms with van der Waals surface area (Å²) in [5, 5.41) is 9.68. The molecule has 2 atom stereocenters. The largest absolute Gasteiger partial charge is 0.385 e. The summed E-state index contributed by atoms with van der Waals surface area (Å²) in [6.07, 6.45) is 1.51. The van der Waals surface area contributed by atoms with E-state index < -0.39 is 6.10 Å². The van der Waals surface area contributed by atoms with E-state index in [-0.39, 0.29) is 6.04 Å². The zero-order valence-electron chi connectivity index (χ0n) is 7.43. The van der Waals surface area contributed by atoms with Gasteiger partial charge in [-0.05, 0) is 25.1 Å². The maximum atomic E-state index is 9.68. The third kappa shape index (κ3) is 2.77. The van der Waals surface area contributed by atoms with Crippen molar-refractivity contribution in [1.29, 1.82) is 0 Å². The smallest absolute Gasteiger partial charge is 0.111 e. The second-order valence-electron chi connectivity index (χ2n) is 2.94. The van der Waals surface area contributed by atoms with Crippen molar-refractivity contribution >= 4 is 0 Å². The summed E-state index contributed by atoms with van der Waals surface area (Å²) < 4.78 is 0. The number of nitrogens with two attached hydrogens (primary N) is 2. The van der Waals surface area contributed by atoms with Crippen LogP contribution in [0.2, 0.25) is 0 Å². The molecule has 4 heteroatoms. The van der Waals surface area contributed by atoms with E-state index in [0.29, 0.717) is 18.7 Å². The highest BCUT2D eigenvalue weighted by atomic mass is 16.3. The van der Waals surface area contributed by atoms with Gasteiger partial charge in [-0.15, -0.1) is 0 Å². The lowest BCUT2D eigenvalue weighted by molar-refractivity contribution is 0.139. The number of rotatable bonds is 4. The molecule has 0 amide bonds. The molecule has 1 aromatic rings. The molecule has 5 N–H and O–H groups in total. The molecule has 0 fully saturated rings. The summed E-state index contributed by atoms with van der Waals surface area (Å²) >= 11 is 0. The maximum Gasteiger partial charge on any atom is 0.111 e. The highest BCUT2D eigenvalue weighted by molar-refractivity contribution is 5.08. The highest BCUT2D eigenvalue weighted by Gasteiger charge is 2.16. The van der Waals surface area contributed by atoms with E-state index in [4.69, 9.17) is 11.5 Å². The topological polar surface area (TPSA) is 85.2 Å². The molecule has 0 aliphatic carbocycles. The molecule has 1 heterocycles. The van der Waals surface area contributed by atoms with Crippen LogP contribution in [0.15, 0.2) is 24.4 Å². The van der Waals surface area contributed by atoms with Crippen LogP contribution in [-0.4, -0.2) is 22.7 Å². The SMILES string of the molecule is NCCC(N)C(O)c1ccccn1. The average molecular weight is 181 g/mol. The van der Waals surface area contributed by atoms with Crippen LogP contribution < -0.4 is 11.5 Å². The van der Waals surface area contributed by atoms with Crippen molar-refractivity contribution in [2.75, 3.05) is 6.54 Å². The molecule has 13 heavy (non-hydrogen) atoms. The first kappa shape index (κ1) is 10.1. The predicted octanol–water partition coefficient (Wildman–Crippen LogP) is -0.209. The first-order valence-electron chi connectivity index (χ1n) is 4.30. The number of aliphatic hydroxyl groups is 1. The first-order chi connectivity index (χ1) is 6.25. The number of aromatic nitrogens is 1. The minimum Gasteiger partial charge on any atom is -0.385 e. The van der Waals surface area contributed by atoms with Crippen LogP contribution in [0.25, 0.3) is 0 Å². The minimum absolute atomic E-state index is 0.333. The second kappa shape index (κ2) is 4.91. The lowest BCUT2D eigenvalue weighted by Gasteiger charge is -2.16. The normalized spacial score (nSPS) is 15.3. The quantitative estimate of drug-likeness (QED) is 0.600. The third-order valence-electron chi connectivity index (χ3n) is 1.90. The number of pyridine rings is 1. The molecule has 1 aromatic heterocycles. The Morgan fingerprint density at radius 2 is 2.23 bits per heavy atom. The van der Waals surface area contributed by atoms with Gasteiger partial charge in [-0.25, -0.2) is 0 Å². The standard InChI is InChI=1S/C9H15N3O/c10-5-4-7(11)9(13)8-3-1-2-6-12-8/h1-3,6-7,9,13H,4-5,10-11H2. The molecule has 0 radical (unpaired) electrons. The molecule has 4 nitrogen and oxygen atoms in total. The molecule has 0 aromatic carbocycles. The van der Waals surface area contributed by atoms with E-state index in [1.165, 1.54) is 0 Å². The summed E-state index contributed by atoms with van der Waals surface area (Å²) in [5.41, 5.74) is 11.6. The van der Waals surface area contributed by atoms with E-state index in [2.05, 4.69) is 4.98 Å². The van der Waals surface area contributed by atoms with Crippen molar-refractivity contribution in [3.63, 3.8) is 0 Å². The van der Waals surface area contributed by atoms with Gasteiger partial charge in [0.05, 0.1) is 5.69 Å². The Morgan fingerprint density at radius 1 is 1.46 bits per heavy atom. The lowest BCUT2D eigenvalue weighted by atomic mass is 10.1. The molecule has 0 aliphatic rings. The van der Waals surface area contributed by atoms with Crippen LogP contribution in [0.4, 0.5) is 0 Å². The van der Waals surface area contributed by atoms with Gasteiger partial charge in [-0.1, -0.05) is 6.07 Å². The fourth-order valence-electron chi connectivity index (χ4n) is 1.12. The number of nitrogens with zero attached hydrogens (tertiary/aromatic N) is 1. The Kier molecular flexibility index (Phi) is 3.82. The monoisotopic (exact) mass is 181 g/mol. The zero-order valence-corrected chi connectivity index (χ0v) is 7.43. The molecule has 1 rings (SSSR count). The van der Waals surface area contributed by atoms with Crippen molar-refractivity contribution < 1.29 is 5.11 Å². The van der Waals surface area contributed by atoms with Gasteiger partial charge in [-0.2, -0.15) is 0 Å². The molecule has 0 spiro atoms. The number of aliphatic hydroxyl groups excluding tert-OH is 1. The molecular weight excluding hydrogens is 166 g/mol. The summed E-state index contributed by atoms with van der Waals surface area (Å²) in [7, 11) is 0. The summed E-state index contributed by atoms with van der Waals surface area (Å²) in [5.74, 6) is 0. The van der Waals surface area contributed by atoms with Crippen LogP contribution >= 0.6 is 0 Å². The average Bonchev–Trinajstić information content (AvgIpc) is 2.18. The van der Waals surface area contributed by atoms with Gasteiger partial charge in [-0.3, -0.25) is 4.98 Å². The van der Waals surface area contributed by atoms with Crippen LogP contribution in [0.1, 0.15) is 18.2 Å². The van der Waals surface area contributed by atoms with Crippen molar-refractivity contribution in [3.8, 4) is 0 Å². The molecule has 2 unspecified atom stereocenters. The molecule has 0 bridgehead atoms. The van der Waals surface area contributed by atoms with Crippen molar-refractivity contribution in [2.24, 2.45) is 11.5 Å². The van der Waals surface area contributed by atoms with Crippen LogP contribution in [0, 0.1) is 0 Å². The molecule has 72 valence electrons. The van der Waals surface area contributed by atoms with E-state index in [9.17, 15) is 5.11 Å². The number of hydrogen-bond acceptors (Lipinski definition) is 4. The summed E-state index contributed by atoms with van der Waals surface area (Å²) in [6, 6.07) is 5.03. The Labute approximate surface area is 77.6 Å². The van der Waals surface area contributed by atoms with Crippen LogP contribution in [-0.2, 0) is 0 Å². The molecule has 0 aliphatic heterocycles.